The van der Waals surface area contributed by atoms with Gasteiger partial charge >= 0.3 is 0 Å². The average Bonchev–Trinajstić information content (AvgIpc) is 2.41. The molecule has 1 aliphatic carbocycles. The molecule has 2 N–H and O–H groups in total. The largest absolute Gasteiger partial charge is 0.384 e. The molecule has 1 heterocycles. The number of hydrogen-bond acceptors (Lipinski definition) is 3. The number of hydrazine groups is 1. The van der Waals surface area contributed by atoms with Crippen LogP contribution in [-0.4, -0.2) is 31.8 Å². The van der Waals surface area contributed by atoms with E-state index in [9.17, 15) is 0 Å². The quantitative estimate of drug-likeness (QED) is 0.651. The molecule has 76 valence electrons. The topological polar surface area (TPSA) is 38.5 Å². The van der Waals surface area contributed by atoms with Crippen molar-refractivity contribution in [3.05, 3.63) is 0 Å². The third-order valence-electron chi connectivity index (χ3n) is 3.75. The fourth-order valence-electron chi connectivity index (χ4n) is 3.15. The Labute approximate surface area is 80.2 Å². The van der Waals surface area contributed by atoms with Crippen molar-refractivity contribution in [2.45, 2.75) is 25.7 Å². The van der Waals surface area contributed by atoms with Crippen molar-refractivity contribution in [2.24, 2.45) is 17.2 Å². The molecule has 2 aliphatic rings. The molecule has 2 fully saturated rings. The third kappa shape index (κ3) is 1.60. The first kappa shape index (κ1) is 9.44. The zero-order valence-electron chi connectivity index (χ0n) is 8.46. The Balaban J connectivity index is 2.10. The van der Waals surface area contributed by atoms with Crippen LogP contribution < -0.4 is 5.84 Å². The predicted molar refractivity (Wildman–Crippen MR) is 52.0 cm³/mol. The molecule has 3 nitrogen and oxygen atoms in total. The van der Waals surface area contributed by atoms with Crippen LogP contribution in [0.1, 0.15) is 25.7 Å². The molecule has 0 amide bonds. The minimum Gasteiger partial charge on any atom is -0.384 e. The fourth-order valence-corrected chi connectivity index (χ4v) is 3.15. The van der Waals surface area contributed by atoms with Gasteiger partial charge < -0.3 is 4.74 Å². The molecule has 13 heavy (non-hydrogen) atoms. The van der Waals surface area contributed by atoms with Crippen LogP contribution in [0.4, 0.5) is 0 Å². The number of ether oxygens (including phenoxy) is 1. The number of hydrogen-bond donors (Lipinski definition) is 1. The van der Waals surface area contributed by atoms with Crippen molar-refractivity contribution in [2.75, 3.05) is 26.8 Å². The molecule has 0 bridgehead atoms. The maximum absolute atomic E-state index is 5.89. The van der Waals surface area contributed by atoms with Crippen LogP contribution >= 0.6 is 0 Å². The number of nitrogens with zero attached hydrogens (tertiary/aromatic N) is 1. The molecule has 1 saturated carbocycles. The minimum absolute atomic E-state index is 0.391. The molecular weight excluding hydrogens is 164 g/mol. The summed E-state index contributed by atoms with van der Waals surface area (Å²) in [6.45, 7) is 3.00. The number of fused-ring (bicyclic) bond motifs is 1. The lowest BCUT2D eigenvalue weighted by molar-refractivity contribution is 0.0298. The summed E-state index contributed by atoms with van der Waals surface area (Å²) < 4.78 is 5.35. The lowest BCUT2D eigenvalue weighted by atomic mass is 9.69. The van der Waals surface area contributed by atoms with Crippen molar-refractivity contribution in [3.63, 3.8) is 0 Å². The highest BCUT2D eigenvalue weighted by atomic mass is 16.5. The van der Waals surface area contributed by atoms with Gasteiger partial charge in [-0.1, -0.05) is 12.8 Å². The van der Waals surface area contributed by atoms with Gasteiger partial charge in [-0.25, -0.2) is 5.01 Å². The molecule has 1 aliphatic heterocycles. The van der Waals surface area contributed by atoms with Crippen LogP contribution in [0.2, 0.25) is 0 Å². The van der Waals surface area contributed by atoms with E-state index in [2.05, 4.69) is 0 Å². The van der Waals surface area contributed by atoms with Gasteiger partial charge in [0.2, 0.25) is 0 Å². The number of methoxy groups -OCH3 is 1. The summed E-state index contributed by atoms with van der Waals surface area (Å²) in [5.74, 6) is 6.67. The zero-order valence-corrected chi connectivity index (χ0v) is 8.46. The van der Waals surface area contributed by atoms with Crippen molar-refractivity contribution < 1.29 is 4.74 Å². The van der Waals surface area contributed by atoms with E-state index in [1.54, 1.807) is 7.11 Å². The SMILES string of the molecule is COC[C@@]12CCCC[C@@H]1CN(N)C2. The van der Waals surface area contributed by atoms with Gasteiger partial charge in [-0.3, -0.25) is 5.84 Å². The maximum atomic E-state index is 5.89. The second kappa shape index (κ2) is 3.56. The Hall–Kier alpha value is -0.120. The van der Waals surface area contributed by atoms with E-state index in [1.165, 1.54) is 25.7 Å². The fraction of sp³-hybridized carbons (Fsp3) is 1.00. The van der Waals surface area contributed by atoms with Crippen LogP contribution in [0.25, 0.3) is 0 Å². The Bertz CT molecular complexity index is 182. The first-order chi connectivity index (χ1) is 6.27. The number of nitrogens with two attached hydrogens (primary N) is 1. The van der Waals surface area contributed by atoms with Gasteiger partial charge in [0.15, 0.2) is 0 Å². The van der Waals surface area contributed by atoms with Crippen LogP contribution in [0.15, 0.2) is 0 Å². The van der Waals surface area contributed by atoms with Crippen molar-refractivity contribution in [3.8, 4) is 0 Å². The zero-order chi connectivity index (χ0) is 9.31. The predicted octanol–water partition coefficient (Wildman–Crippen LogP) is 0.999. The van der Waals surface area contributed by atoms with E-state index >= 15 is 0 Å². The maximum Gasteiger partial charge on any atom is 0.0534 e. The monoisotopic (exact) mass is 184 g/mol. The molecule has 2 rings (SSSR count). The standard InChI is InChI=1S/C10H20N2O/c1-13-8-10-5-3-2-4-9(10)6-12(11)7-10/h9H,2-8,11H2,1H3/t9-,10+/m1/s1. The molecule has 0 unspecified atom stereocenters. The van der Waals surface area contributed by atoms with Gasteiger partial charge in [-0.05, 0) is 18.8 Å². The Kier molecular flexibility index (Phi) is 2.58. The molecule has 0 aromatic heterocycles. The second-order valence-electron chi connectivity index (χ2n) is 4.67. The summed E-state index contributed by atoms with van der Waals surface area (Å²) in [6, 6.07) is 0. The molecule has 0 aromatic rings. The Morgan fingerprint density at radius 1 is 1.54 bits per heavy atom. The molecule has 2 atom stereocenters. The van der Waals surface area contributed by atoms with Gasteiger partial charge in [0, 0.05) is 25.6 Å². The second-order valence-corrected chi connectivity index (χ2v) is 4.67. The van der Waals surface area contributed by atoms with E-state index in [1.807, 2.05) is 5.01 Å². The molecule has 0 radical (unpaired) electrons. The van der Waals surface area contributed by atoms with Gasteiger partial charge in [0.1, 0.15) is 0 Å². The van der Waals surface area contributed by atoms with Crippen LogP contribution in [-0.2, 0) is 4.74 Å². The lowest BCUT2D eigenvalue weighted by Crippen LogP contribution is -2.38. The van der Waals surface area contributed by atoms with E-state index in [0.717, 1.165) is 25.6 Å². The van der Waals surface area contributed by atoms with Gasteiger partial charge in [-0.15, -0.1) is 0 Å². The van der Waals surface area contributed by atoms with E-state index in [-0.39, 0.29) is 0 Å². The van der Waals surface area contributed by atoms with Crippen molar-refractivity contribution in [1.82, 2.24) is 5.01 Å². The van der Waals surface area contributed by atoms with Crippen molar-refractivity contribution >= 4 is 0 Å². The summed E-state index contributed by atoms with van der Waals surface area (Å²) in [5.41, 5.74) is 0.391. The van der Waals surface area contributed by atoms with Crippen LogP contribution in [0, 0.1) is 11.3 Å². The van der Waals surface area contributed by atoms with Gasteiger partial charge in [0.25, 0.3) is 0 Å². The third-order valence-corrected chi connectivity index (χ3v) is 3.75. The Morgan fingerprint density at radius 2 is 2.38 bits per heavy atom. The van der Waals surface area contributed by atoms with E-state index in [4.69, 9.17) is 10.6 Å². The van der Waals surface area contributed by atoms with Gasteiger partial charge in [0.05, 0.1) is 6.61 Å². The summed E-state index contributed by atoms with van der Waals surface area (Å²) in [4.78, 5) is 0. The highest BCUT2D eigenvalue weighted by Crippen LogP contribution is 2.45. The summed E-state index contributed by atoms with van der Waals surface area (Å²) in [5, 5.41) is 1.98. The molecular formula is C10H20N2O. The first-order valence-electron chi connectivity index (χ1n) is 5.25. The van der Waals surface area contributed by atoms with Gasteiger partial charge in [-0.2, -0.15) is 0 Å². The normalized spacial score (nSPS) is 40.6. The lowest BCUT2D eigenvalue weighted by Gasteiger charge is -2.37. The molecule has 0 aromatic carbocycles. The van der Waals surface area contributed by atoms with E-state index < -0.39 is 0 Å². The van der Waals surface area contributed by atoms with Crippen molar-refractivity contribution in [1.29, 1.82) is 0 Å². The first-order valence-corrected chi connectivity index (χ1v) is 5.25. The van der Waals surface area contributed by atoms with Crippen LogP contribution in [0.5, 0.6) is 0 Å². The highest BCUT2D eigenvalue weighted by molar-refractivity contribution is 4.97. The summed E-state index contributed by atoms with van der Waals surface area (Å²) in [6.07, 6.45) is 5.38. The van der Waals surface area contributed by atoms with Crippen LogP contribution in [0.3, 0.4) is 0 Å². The van der Waals surface area contributed by atoms with E-state index in [0.29, 0.717) is 5.41 Å². The Morgan fingerprint density at radius 3 is 3.15 bits per heavy atom. The highest BCUT2D eigenvalue weighted by Gasteiger charge is 2.46. The molecule has 0 spiro atoms. The molecule has 1 saturated heterocycles. The minimum atomic E-state index is 0.391. The average molecular weight is 184 g/mol. The number of rotatable bonds is 2. The molecule has 3 heteroatoms. The smallest absolute Gasteiger partial charge is 0.0534 e. The summed E-state index contributed by atoms with van der Waals surface area (Å²) >= 11 is 0. The summed E-state index contributed by atoms with van der Waals surface area (Å²) in [7, 11) is 1.81.